The first-order valence-corrected chi connectivity index (χ1v) is 6.77. The Kier molecular flexibility index (Phi) is 3.90. The number of carbonyl (C=O) groups excluding carboxylic acids is 2. The Morgan fingerprint density at radius 3 is 2.78 bits per heavy atom. The van der Waals surface area contributed by atoms with E-state index in [1.165, 1.54) is 7.11 Å². The highest BCUT2D eigenvalue weighted by Gasteiger charge is 2.60. The normalized spacial score (nSPS) is 25.3. The minimum Gasteiger partial charge on any atom is -0.468 e. The van der Waals surface area contributed by atoms with Gasteiger partial charge in [0.2, 0.25) is 5.91 Å². The van der Waals surface area contributed by atoms with Crippen LogP contribution in [-0.4, -0.2) is 48.6 Å². The molecule has 0 aromatic carbocycles. The third-order valence-corrected chi connectivity index (χ3v) is 4.02. The molecular formula is C13H22N2O3. The van der Waals surface area contributed by atoms with Crippen molar-refractivity contribution in [1.82, 2.24) is 10.2 Å². The maximum absolute atomic E-state index is 12.0. The standard InChI is InChI=1S/C13H22N2O3/c1-3-4-5-8-15-10(16)9-14-11(12(17)18-2)13(15)6-7-13/h11,14H,3-9H2,1-2H3/t11-/m1/s1. The number of rotatable bonds is 5. The fourth-order valence-corrected chi connectivity index (χ4v) is 2.85. The molecule has 1 saturated heterocycles. The molecular weight excluding hydrogens is 232 g/mol. The summed E-state index contributed by atoms with van der Waals surface area (Å²) in [6.07, 6.45) is 5.07. The van der Waals surface area contributed by atoms with Gasteiger partial charge in [-0.25, -0.2) is 0 Å². The first-order valence-electron chi connectivity index (χ1n) is 6.77. The Morgan fingerprint density at radius 1 is 1.50 bits per heavy atom. The first kappa shape index (κ1) is 13.3. The summed E-state index contributed by atoms with van der Waals surface area (Å²) in [6, 6.07) is -0.346. The summed E-state index contributed by atoms with van der Waals surface area (Å²) in [6.45, 7) is 3.15. The van der Waals surface area contributed by atoms with Crippen molar-refractivity contribution in [3.63, 3.8) is 0 Å². The van der Waals surface area contributed by atoms with E-state index >= 15 is 0 Å². The Morgan fingerprint density at radius 2 is 2.22 bits per heavy atom. The van der Waals surface area contributed by atoms with Gasteiger partial charge in [-0.1, -0.05) is 19.8 Å². The summed E-state index contributed by atoms with van der Waals surface area (Å²) < 4.78 is 4.84. The van der Waals surface area contributed by atoms with Crippen LogP contribution >= 0.6 is 0 Å². The number of nitrogens with zero attached hydrogens (tertiary/aromatic N) is 1. The van der Waals surface area contributed by atoms with Crippen LogP contribution in [0.4, 0.5) is 0 Å². The molecule has 0 radical (unpaired) electrons. The fourth-order valence-electron chi connectivity index (χ4n) is 2.85. The second kappa shape index (κ2) is 5.26. The van der Waals surface area contributed by atoms with Gasteiger partial charge in [0, 0.05) is 6.54 Å². The van der Waals surface area contributed by atoms with Crippen molar-refractivity contribution in [3.05, 3.63) is 0 Å². The molecule has 0 aromatic heterocycles. The van der Waals surface area contributed by atoms with Gasteiger partial charge in [-0.2, -0.15) is 0 Å². The van der Waals surface area contributed by atoms with E-state index in [-0.39, 0.29) is 30.0 Å². The molecule has 5 heteroatoms. The molecule has 0 unspecified atom stereocenters. The lowest BCUT2D eigenvalue weighted by Gasteiger charge is -2.41. The molecule has 1 N–H and O–H groups in total. The number of esters is 1. The number of carbonyl (C=O) groups is 2. The Balaban J connectivity index is 2.06. The number of unbranched alkanes of at least 4 members (excludes halogenated alkanes) is 2. The van der Waals surface area contributed by atoms with Crippen LogP contribution in [0.5, 0.6) is 0 Å². The van der Waals surface area contributed by atoms with Gasteiger partial charge in [0.05, 0.1) is 19.2 Å². The third-order valence-electron chi connectivity index (χ3n) is 4.02. The van der Waals surface area contributed by atoms with Crippen molar-refractivity contribution < 1.29 is 14.3 Å². The lowest BCUT2D eigenvalue weighted by Crippen LogP contribution is -2.65. The van der Waals surface area contributed by atoms with Crippen LogP contribution in [0.3, 0.4) is 0 Å². The van der Waals surface area contributed by atoms with Gasteiger partial charge in [-0.3, -0.25) is 14.9 Å². The average Bonchev–Trinajstić information content (AvgIpc) is 3.14. The molecule has 1 amide bonds. The van der Waals surface area contributed by atoms with E-state index in [2.05, 4.69) is 12.2 Å². The van der Waals surface area contributed by atoms with Crippen molar-refractivity contribution in [3.8, 4) is 0 Å². The number of amides is 1. The molecule has 1 aliphatic heterocycles. The summed E-state index contributed by atoms with van der Waals surface area (Å²) >= 11 is 0. The van der Waals surface area contributed by atoms with Crippen molar-refractivity contribution in [2.24, 2.45) is 0 Å². The second-order valence-electron chi connectivity index (χ2n) is 5.19. The number of nitrogens with one attached hydrogen (secondary N) is 1. The molecule has 2 aliphatic rings. The van der Waals surface area contributed by atoms with Crippen LogP contribution in [0.25, 0.3) is 0 Å². The molecule has 0 bridgehead atoms. The number of hydrogen-bond donors (Lipinski definition) is 1. The van der Waals surface area contributed by atoms with Gasteiger partial charge >= 0.3 is 5.97 Å². The minimum absolute atomic E-state index is 0.115. The van der Waals surface area contributed by atoms with E-state index in [1.54, 1.807) is 0 Å². The Labute approximate surface area is 108 Å². The van der Waals surface area contributed by atoms with Gasteiger partial charge in [0.1, 0.15) is 6.04 Å². The van der Waals surface area contributed by atoms with E-state index in [4.69, 9.17) is 4.74 Å². The third kappa shape index (κ3) is 2.23. The zero-order valence-electron chi connectivity index (χ0n) is 11.2. The van der Waals surface area contributed by atoms with E-state index in [1.807, 2.05) is 4.90 Å². The number of ether oxygens (including phenoxy) is 1. The SMILES string of the molecule is CCCCCN1C(=O)CN[C@H](C(=O)OC)C12CC2. The summed E-state index contributed by atoms with van der Waals surface area (Å²) in [5.74, 6) is -0.135. The summed E-state index contributed by atoms with van der Waals surface area (Å²) in [5, 5.41) is 3.03. The van der Waals surface area contributed by atoms with Gasteiger partial charge in [-0.05, 0) is 19.3 Å². The molecule has 2 fully saturated rings. The van der Waals surface area contributed by atoms with Crippen LogP contribution in [0.15, 0.2) is 0 Å². The lowest BCUT2D eigenvalue weighted by atomic mass is 10.00. The Bertz CT molecular complexity index is 339. The molecule has 1 heterocycles. The topological polar surface area (TPSA) is 58.6 Å². The van der Waals surface area contributed by atoms with Gasteiger partial charge < -0.3 is 9.64 Å². The smallest absolute Gasteiger partial charge is 0.325 e. The monoisotopic (exact) mass is 254 g/mol. The highest BCUT2D eigenvalue weighted by molar-refractivity contribution is 5.87. The van der Waals surface area contributed by atoms with E-state index in [0.29, 0.717) is 0 Å². The molecule has 0 aromatic rings. The molecule has 18 heavy (non-hydrogen) atoms. The minimum atomic E-state index is -0.346. The van der Waals surface area contributed by atoms with Crippen molar-refractivity contribution >= 4 is 11.9 Å². The average molecular weight is 254 g/mol. The summed E-state index contributed by atoms with van der Waals surface area (Å²) in [5.41, 5.74) is -0.295. The molecule has 1 spiro atoms. The van der Waals surface area contributed by atoms with Crippen molar-refractivity contribution in [1.29, 1.82) is 0 Å². The number of hydrogen-bond acceptors (Lipinski definition) is 4. The Hall–Kier alpha value is -1.10. The van der Waals surface area contributed by atoms with Gasteiger partial charge in [0.25, 0.3) is 0 Å². The number of piperazine rings is 1. The van der Waals surface area contributed by atoms with Gasteiger partial charge in [-0.15, -0.1) is 0 Å². The molecule has 2 rings (SSSR count). The molecule has 1 saturated carbocycles. The molecule has 5 nitrogen and oxygen atoms in total. The zero-order valence-corrected chi connectivity index (χ0v) is 11.2. The van der Waals surface area contributed by atoms with Crippen molar-refractivity contribution in [2.75, 3.05) is 20.2 Å². The maximum atomic E-state index is 12.0. The van der Waals surface area contributed by atoms with Gasteiger partial charge in [0.15, 0.2) is 0 Å². The first-order chi connectivity index (χ1) is 8.65. The van der Waals surface area contributed by atoms with Crippen LogP contribution in [0.1, 0.15) is 39.0 Å². The van der Waals surface area contributed by atoms with E-state index < -0.39 is 0 Å². The van der Waals surface area contributed by atoms with Crippen LogP contribution in [-0.2, 0) is 14.3 Å². The van der Waals surface area contributed by atoms with Crippen LogP contribution < -0.4 is 5.32 Å². The maximum Gasteiger partial charge on any atom is 0.325 e. The molecule has 1 atom stereocenters. The molecule has 102 valence electrons. The van der Waals surface area contributed by atoms with E-state index in [0.717, 1.165) is 38.6 Å². The quantitative estimate of drug-likeness (QED) is 0.579. The highest BCUT2D eigenvalue weighted by atomic mass is 16.5. The van der Waals surface area contributed by atoms with Crippen molar-refractivity contribution in [2.45, 2.75) is 50.6 Å². The summed E-state index contributed by atoms with van der Waals surface area (Å²) in [4.78, 5) is 25.7. The largest absolute Gasteiger partial charge is 0.468 e. The lowest BCUT2D eigenvalue weighted by molar-refractivity contribution is -0.151. The molecule has 1 aliphatic carbocycles. The predicted molar refractivity (Wildman–Crippen MR) is 67.0 cm³/mol. The summed E-state index contributed by atoms with van der Waals surface area (Å²) in [7, 11) is 1.40. The highest BCUT2D eigenvalue weighted by Crippen LogP contribution is 2.46. The van der Waals surface area contributed by atoms with Crippen LogP contribution in [0, 0.1) is 0 Å². The number of methoxy groups -OCH3 is 1. The fraction of sp³-hybridized carbons (Fsp3) is 0.846. The second-order valence-corrected chi connectivity index (χ2v) is 5.19. The van der Waals surface area contributed by atoms with E-state index in [9.17, 15) is 9.59 Å². The predicted octanol–water partition coefficient (Wildman–Crippen LogP) is 0.683. The zero-order chi connectivity index (χ0) is 13.2. The van der Waals surface area contributed by atoms with Crippen LogP contribution in [0.2, 0.25) is 0 Å².